The Labute approximate surface area is 251 Å². The highest BCUT2D eigenvalue weighted by atomic mass is 31.2. The number of amides is 1. The van der Waals surface area contributed by atoms with E-state index in [0.717, 1.165) is 64.2 Å². The fourth-order valence-corrected chi connectivity index (χ4v) is 5.28. The summed E-state index contributed by atoms with van der Waals surface area (Å²) in [5.41, 5.74) is 5.33. The number of nitrogens with one attached hydrogen (secondary N) is 1. The molecule has 0 bridgehead atoms. The molecule has 9 heteroatoms. The van der Waals surface area contributed by atoms with Crippen LogP contribution >= 0.6 is 7.82 Å². The van der Waals surface area contributed by atoms with Crippen molar-refractivity contribution in [2.24, 2.45) is 5.73 Å². The van der Waals surface area contributed by atoms with Gasteiger partial charge in [-0.1, -0.05) is 115 Å². The van der Waals surface area contributed by atoms with Crippen LogP contribution in [-0.2, 0) is 18.4 Å². The van der Waals surface area contributed by atoms with Gasteiger partial charge in [-0.05, 0) is 44.9 Å². The van der Waals surface area contributed by atoms with E-state index in [2.05, 4.69) is 43.5 Å². The van der Waals surface area contributed by atoms with E-state index in [1.807, 2.05) is 0 Å². The van der Waals surface area contributed by atoms with Gasteiger partial charge in [-0.25, -0.2) is 4.57 Å². The predicted molar refractivity (Wildman–Crippen MR) is 171 cm³/mol. The first-order valence-corrected chi connectivity index (χ1v) is 17.9. The molecule has 0 aliphatic heterocycles. The maximum atomic E-state index is 12.6. The first kappa shape index (κ1) is 40.0. The van der Waals surface area contributed by atoms with Crippen molar-refractivity contribution in [2.45, 2.75) is 154 Å². The summed E-state index contributed by atoms with van der Waals surface area (Å²) < 4.78 is 21.9. The molecular formula is C32H63N2O6P. The number of hydrogen-bond donors (Lipinski definition) is 4. The lowest BCUT2D eigenvalue weighted by molar-refractivity contribution is -0.123. The number of carbonyl (C=O) groups is 1. The molecule has 0 aliphatic carbocycles. The van der Waals surface area contributed by atoms with Crippen LogP contribution in [-0.4, -0.2) is 47.8 Å². The minimum atomic E-state index is -4.30. The topological polar surface area (TPSA) is 131 Å². The molecule has 3 atom stereocenters. The molecule has 0 aromatic heterocycles. The Kier molecular flexibility index (Phi) is 28.3. The van der Waals surface area contributed by atoms with Crippen LogP contribution in [0.15, 0.2) is 24.3 Å². The van der Waals surface area contributed by atoms with Crippen LogP contribution in [0.5, 0.6) is 0 Å². The van der Waals surface area contributed by atoms with Crippen molar-refractivity contribution in [2.75, 3.05) is 19.8 Å². The zero-order valence-electron chi connectivity index (χ0n) is 26.3. The lowest BCUT2D eigenvalue weighted by Gasteiger charge is -2.25. The molecule has 0 fully saturated rings. The highest BCUT2D eigenvalue weighted by Crippen LogP contribution is 2.43. The van der Waals surface area contributed by atoms with Gasteiger partial charge in [0.1, 0.15) is 0 Å². The predicted octanol–water partition coefficient (Wildman–Crippen LogP) is 7.88. The smallest absolute Gasteiger partial charge is 0.391 e. The van der Waals surface area contributed by atoms with Gasteiger partial charge in [0, 0.05) is 13.0 Å². The molecule has 0 saturated heterocycles. The second kappa shape index (κ2) is 29.1. The van der Waals surface area contributed by atoms with Crippen LogP contribution in [0.25, 0.3) is 0 Å². The average molecular weight is 603 g/mol. The second-order valence-corrected chi connectivity index (χ2v) is 12.5. The van der Waals surface area contributed by atoms with Gasteiger partial charge < -0.3 is 21.1 Å². The summed E-state index contributed by atoms with van der Waals surface area (Å²) in [6, 6.07) is -0.775. The Balaban J connectivity index is 4.28. The number of hydrogen-bond acceptors (Lipinski definition) is 6. The van der Waals surface area contributed by atoms with Crippen molar-refractivity contribution in [3.05, 3.63) is 24.3 Å². The second-order valence-electron chi connectivity index (χ2n) is 11.0. The summed E-state index contributed by atoms with van der Waals surface area (Å²) in [5.74, 6) is -0.182. The molecule has 0 aromatic carbocycles. The molecule has 0 spiro atoms. The summed E-state index contributed by atoms with van der Waals surface area (Å²) >= 11 is 0. The van der Waals surface area contributed by atoms with Crippen molar-refractivity contribution in [1.82, 2.24) is 5.32 Å². The van der Waals surface area contributed by atoms with E-state index < -0.39 is 20.0 Å². The summed E-state index contributed by atoms with van der Waals surface area (Å²) in [5, 5.41) is 13.6. The van der Waals surface area contributed by atoms with E-state index in [1.54, 1.807) is 0 Å². The molecule has 242 valence electrons. The van der Waals surface area contributed by atoms with Crippen molar-refractivity contribution in [3.8, 4) is 0 Å². The van der Waals surface area contributed by atoms with E-state index >= 15 is 0 Å². The van der Waals surface area contributed by atoms with Crippen LogP contribution < -0.4 is 11.1 Å². The maximum Gasteiger partial charge on any atom is 0.472 e. The van der Waals surface area contributed by atoms with E-state index in [0.29, 0.717) is 12.8 Å². The number of phosphoric ester groups is 1. The van der Waals surface area contributed by atoms with Gasteiger partial charge >= 0.3 is 7.82 Å². The average Bonchev–Trinajstić information content (AvgIpc) is 2.95. The van der Waals surface area contributed by atoms with E-state index in [-0.39, 0.29) is 25.7 Å². The molecule has 0 aliphatic rings. The lowest BCUT2D eigenvalue weighted by atomic mass is 10.0. The van der Waals surface area contributed by atoms with Crippen molar-refractivity contribution in [3.63, 3.8) is 0 Å². The molecule has 0 aromatic rings. The van der Waals surface area contributed by atoms with Crippen LogP contribution in [0, 0.1) is 0 Å². The first-order valence-electron chi connectivity index (χ1n) is 16.5. The van der Waals surface area contributed by atoms with Gasteiger partial charge in [0.05, 0.1) is 25.4 Å². The largest absolute Gasteiger partial charge is 0.472 e. The SMILES string of the molecule is CCCCC/C=C\C/C=C\CCCCCCCC(=O)NC(COP(=O)(O)OCCN)C(O)CCCCCCCCC. The van der Waals surface area contributed by atoms with E-state index in [1.165, 1.54) is 51.4 Å². The number of allylic oxidation sites excluding steroid dienone is 4. The molecule has 0 radical (unpaired) electrons. The normalized spacial score (nSPS) is 15.0. The molecule has 3 unspecified atom stereocenters. The van der Waals surface area contributed by atoms with E-state index in [9.17, 15) is 19.4 Å². The Bertz CT molecular complexity index is 704. The van der Waals surface area contributed by atoms with Crippen LogP contribution in [0.4, 0.5) is 0 Å². The number of carbonyl (C=O) groups excluding carboxylic acids is 1. The van der Waals surface area contributed by atoms with Crippen molar-refractivity contribution < 1.29 is 28.4 Å². The molecule has 1 amide bonds. The zero-order valence-corrected chi connectivity index (χ0v) is 27.2. The van der Waals surface area contributed by atoms with Crippen LogP contribution in [0.2, 0.25) is 0 Å². The molecular weight excluding hydrogens is 539 g/mol. The number of nitrogens with two attached hydrogens (primary N) is 1. The van der Waals surface area contributed by atoms with E-state index in [4.69, 9.17) is 14.8 Å². The fraction of sp³-hybridized carbons (Fsp3) is 0.844. The molecule has 8 nitrogen and oxygen atoms in total. The highest BCUT2D eigenvalue weighted by Gasteiger charge is 2.27. The highest BCUT2D eigenvalue weighted by molar-refractivity contribution is 7.47. The monoisotopic (exact) mass is 602 g/mol. The Morgan fingerprint density at radius 2 is 1.34 bits per heavy atom. The van der Waals surface area contributed by atoms with Gasteiger partial charge in [0.15, 0.2) is 0 Å². The standard InChI is InChI=1S/C32H63N2O6P/c1-3-5-7-9-11-12-13-14-15-16-17-18-20-22-24-26-32(36)34-30(29-40-41(37,38)39-28-27-33)31(35)25-23-21-19-10-8-6-4-2/h11-12,14-15,30-31,35H,3-10,13,16-29,33H2,1-2H3,(H,34,36)(H,37,38)/b12-11-,15-14-. The molecule has 0 rings (SSSR count). The molecule has 0 saturated carbocycles. The van der Waals surface area contributed by atoms with Crippen LogP contribution in [0.3, 0.4) is 0 Å². The lowest BCUT2D eigenvalue weighted by Crippen LogP contribution is -2.46. The first-order chi connectivity index (χ1) is 19.9. The molecule has 0 heterocycles. The van der Waals surface area contributed by atoms with Gasteiger partial charge in [0.25, 0.3) is 0 Å². The third-order valence-electron chi connectivity index (χ3n) is 7.06. The quantitative estimate of drug-likeness (QED) is 0.0374. The van der Waals surface area contributed by atoms with Crippen LogP contribution in [0.1, 0.15) is 142 Å². The zero-order chi connectivity index (χ0) is 30.4. The Hall–Kier alpha value is -1.02. The fourth-order valence-electron chi connectivity index (χ4n) is 4.52. The molecule has 41 heavy (non-hydrogen) atoms. The maximum absolute atomic E-state index is 12.6. The minimum absolute atomic E-state index is 0.0858. The number of aliphatic hydroxyl groups is 1. The minimum Gasteiger partial charge on any atom is -0.391 e. The third kappa shape index (κ3) is 27.6. The Morgan fingerprint density at radius 1 is 0.805 bits per heavy atom. The van der Waals surface area contributed by atoms with Gasteiger partial charge in [-0.15, -0.1) is 0 Å². The summed E-state index contributed by atoms with van der Waals surface area (Å²) in [6.07, 6.45) is 29.1. The number of rotatable bonds is 30. The summed E-state index contributed by atoms with van der Waals surface area (Å²) in [7, 11) is -4.30. The van der Waals surface area contributed by atoms with Crippen molar-refractivity contribution in [1.29, 1.82) is 0 Å². The number of aliphatic hydroxyl groups excluding tert-OH is 1. The third-order valence-corrected chi connectivity index (χ3v) is 8.04. The Morgan fingerprint density at radius 3 is 1.98 bits per heavy atom. The number of unbranched alkanes of at least 4 members (excludes halogenated alkanes) is 14. The van der Waals surface area contributed by atoms with Gasteiger partial charge in [0.2, 0.25) is 5.91 Å². The molecule has 5 N–H and O–H groups in total. The summed E-state index contributed by atoms with van der Waals surface area (Å²) in [6.45, 7) is 4.09. The van der Waals surface area contributed by atoms with Gasteiger partial charge in [-0.2, -0.15) is 0 Å². The summed E-state index contributed by atoms with van der Waals surface area (Å²) in [4.78, 5) is 22.4. The van der Waals surface area contributed by atoms with Gasteiger partial charge in [-0.3, -0.25) is 13.8 Å². The van der Waals surface area contributed by atoms with Crippen molar-refractivity contribution >= 4 is 13.7 Å². The number of phosphoric acid groups is 1.